The van der Waals surface area contributed by atoms with Gasteiger partial charge in [-0.25, -0.2) is 4.79 Å². The SMILES string of the molecule is COCCOC(=O)C1=C(C)Nc2nnnn2C1c1ccc(OC)cc1OC. The van der Waals surface area contributed by atoms with Crippen LogP contribution in [0.5, 0.6) is 11.5 Å². The summed E-state index contributed by atoms with van der Waals surface area (Å²) in [5.41, 5.74) is 1.68. The summed E-state index contributed by atoms with van der Waals surface area (Å²) in [5.74, 6) is 1.11. The molecule has 10 nitrogen and oxygen atoms in total. The smallest absolute Gasteiger partial charge is 0.338 e. The van der Waals surface area contributed by atoms with Crippen LogP contribution < -0.4 is 14.8 Å². The quantitative estimate of drug-likeness (QED) is 0.563. The Morgan fingerprint density at radius 3 is 2.74 bits per heavy atom. The van der Waals surface area contributed by atoms with E-state index in [9.17, 15) is 4.79 Å². The summed E-state index contributed by atoms with van der Waals surface area (Å²) < 4.78 is 22.6. The standard InChI is InChI=1S/C17H21N5O5/c1-10-14(16(23)27-8-7-24-2)15(22-17(18-10)19-20-21-22)12-6-5-11(25-3)9-13(12)26-4/h5-6,9,15H,7-8H2,1-4H3,(H,18,19,21). The van der Waals surface area contributed by atoms with Crippen molar-refractivity contribution in [3.8, 4) is 11.5 Å². The van der Waals surface area contributed by atoms with E-state index in [2.05, 4.69) is 20.8 Å². The van der Waals surface area contributed by atoms with Gasteiger partial charge in [-0.2, -0.15) is 4.68 Å². The van der Waals surface area contributed by atoms with Crippen LogP contribution in [-0.4, -0.2) is 60.7 Å². The number of tetrazole rings is 1. The zero-order chi connectivity index (χ0) is 19.4. The van der Waals surface area contributed by atoms with Crippen LogP contribution in [0.3, 0.4) is 0 Å². The van der Waals surface area contributed by atoms with Crippen molar-refractivity contribution in [3.05, 3.63) is 35.0 Å². The zero-order valence-corrected chi connectivity index (χ0v) is 15.6. The van der Waals surface area contributed by atoms with Crippen molar-refractivity contribution >= 4 is 11.9 Å². The maximum absolute atomic E-state index is 12.8. The summed E-state index contributed by atoms with van der Waals surface area (Å²) in [5, 5.41) is 14.7. The number of fused-ring (bicyclic) bond motifs is 1. The molecule has 0 saturated carbocycles. The van der Waals surface area contributed by atoms with Gasteiger partial charge in [-0.15, -0.1) is 0 Å². The number of aromatic nitrogens is 4. The van der Waals surface area contributed by atoms with E-state index in [1.807, 2.05) is 6.07 Å². The fourth-order valence-electron chi connectivity index (χ4n) is 2.90. The number of carbonyl (C=O) groups is 1. The largest absolute Gasteiger partial charge is 0.497 e. The average Bonchev–Trinajstić information content (AvgIpc) is 3.14. The molecule has 0 amide bonds. The highest BCUT2D eigenvalue weighted by Gasteiger charge is 2.36. The molecule has 144 valence electrons. The molecule has 0 aliphatic carbocycles. The minimum Gasteiger partial charge on any atom is -0.497 e. The fraction of sp³-hybridized carbons (Fsp3) is 0.412. The van der Waals surface area contributed by atoms with Crippen molar-refractivity contribution in [2.24, 2.45) is 0 Å². The lowest BCUT2D eigenvalue weighted by Gasteiger charge is -2.28. The molecule has 10 heteroatoms. The number of anilines is 1. The van der Waals surface area contributed by atoms with Gasteiger partial charge in [-0.05, 0) is 29.5 Å². The van der Waals surface area contributed by atoms with E-state index in [1.54, 1.807) is 40.4 Å². The second-order valence-corrected chi connectivity index (χ2v) is 5.75. The minimum absolute atomic E-state index is 0.140. The van der Waals surface area contributed by atoms with E-state index in [-0.39, 0.29) is 6.61 Å². The average molecular weight is 375 g/mol. The highest BCUT2D eigenvalue weighted by Crippen LogP contribution is 2.40. The minimum atomic E-state index is -0.618. The van der Waals surface area contributed by atoms with Crippen molar-refractivity contribution in [1.29, 1.82) is 0 Å². The van der Waals surface area contributed by atoms with E-state index in [4.69, 9.17) is 18.9 Å². The van der Waals surface area contributed by atoms with Gasteiger partial charge in [0.2, 0.25) is 5.95 Å². The topological polar surface area (TPSA) is 110 Å². The lowest BCUT2D eigenvalue weighted by molar-refractivity contribution is -0.140. The molecule has 1 unspecified atom stereocenters. The third kappa shape index (κ3) is 3.56. The van der Waals surface area contributed by atoms with Crippen molar-refractivity contribution < 1.29 is 23.7 Å². The highest BCUT2D eigenvalue weighted by atomic mass is 16.6. The molecule has 0 bridgehead atoms. The Hall–Kier alpha value is -3.14. The first-order chi connectivity index (χ1) is 13.1. The van der Waals surface area contributed by atoms with Crippen LogP contribution in [-0.2, 0) is 14.3 Å². The molecule has 0 spiro atoms. The summed E-state index contributed by atoms with van der Waals surface area (Å²) in [7, 11) is 4.66. The van der Waals surface area contributed by atoms with Crippen LogP contribution in [0.15, 0.2) is 29.5 Å². The number of hydrogen-bond donors (Lipinski definition) is 1. The summed E-state index contributed by atoms with van der Waals surface area (Å²) in [6.07, 6.45) is 0. The zero-order valence-electron chi connectivity index (χ0n) is 15.6. The van der Waals surface area contributed by atoms with Crippen LogP contribution in [0.4, 0.5) is 5.95 Å². The number of benzene rings is 1. The van der Waals surface area contributed by atoms with Crippen molar-refractivity contribution in [3.63, 3.8) is 0 Å². The molecule has 0 saturated heterocycles. The second kappa shape index (κ2) is 8.04. The molecule has 1 aromatic carbocycles. The van der Waals surface area contributed by atoms with Gasteiger partial charge in [0.05, 0.1) is 26.4 Å². The predicted molar refractivity (Wildman–Crippen MR) is 94.7 cm³/mol. The Morgan fingerprint density at radius 2 is 2.04 bits per heavy atom. The molecule has 1 N–H and O–H groups in total. The Morgan fingerprint density at radius 1 is 1.22 bits per heavy atom. The maximum Gasteiger partial charge on any atom is 0.338 e. The molecule has 2 aromatic rings. The molecular formula is C17H21N5O5. The molecule has 0 fully saturated rings. The Bertz CT molecular complexity index is 863. The molecule has 1 atom stereocenters. The van der Waals surface area contributed by atoms with Gasteiger partial charge in [0, 0.05) is 24.4 Å². The predicted octanol–water partition coefficient (Wildman–Crippen LogP) is 1.17. The first-order valence-corrected chi connectivity index (χ1v) is 8.24. The summed E-state index contributed by atoms with van der Waals surface area (Å²) in [6, 6.07) is 4.72. The number of esters is 1. The van der Waals surface area contributed by atoms with Crippen molar-refractivity contribution in [2.75, 3.05) is 39.9 Å². The first kappa shape index (κ1) is 18.6. The van der Waals surface area contributed by atoms with E-state index in [1.165, 1.54) is 4.68 Å². The Balaban J connectivity index is 2.08. The van der Waals surface area contributed by atoms with Crippen molar-refractivity contribution in [2.45, 2.75) is 13.0 Å². The molecule has 0 radical (unpaired) electrons. The Labute approximate surface area is 156 Å². The number of hydrogen-bond acceptors (Lipinski definition) is 9. The number of carbonyl (C=O) groups excluding carboxylic acids is 1. The number of methoxy groups -OCH3 is 3. The van der Waals surface area contributed by atoms with Crippen LogP contribution in [0.25, 0.3) is 0 Å². The van der Waals surface area contributed by atoms with Gasteiger partial charge in [0.15, 0.2) is 0 Å². The van der Waals surface area contributed by atoms with Gasteiger partial charge in [-0.3, -0.25) is 0 Å². The van der Waals surface area contributed by atoms with Crippen LogP contribution in [0.1, 0.15) is 18.5 Å². The number of rotatable bonds is 7. The first-order valence-electron chi connectivity index (χ1n) is 8.24. The molecule has 1 aromatic heterocycles. The third-order valence-corrected chi connectivity index (χ3v) is 4.19. The van der Waals surface area contributed by atoms with Gasteiger partial charge >= 0.3 is 5.97 Å². The summed E-state index contributed by atoms with van der Waals surface area (Å²) in [6.45, 7) is 2.22. The number of nitrogens with zero attached hydrogens (tertiary/aromatic N) is 4. The number of ether oxygens (including phenoxy) is 4. The van der Waals surface area contributed by atoms with Crippen LogP contribution >= 0.6 is 0 Å². The molecule has 3 rings (SSSR count). The number of nitrogens with one attached hydrogen (secondary N) is 1. The molecule has 2 heterocycles. The lowest BCUT2D eigenvalue weighted by atomic mass is 9.95. The summed E-state index contributed by atoms with van der Waals surface area (Å²) >= 11 is 0. The molecular weight excluding hydrogens is 354 g/mol. The highest BCUT2D eigenvalue weighted by molar-refractivity contribution is 5.92. The molecule has 27 heavy (non-hydrogen) atoms. The van der Waals surface area contributed by atoms with Crippen LogP contribution in [0, 0.1) is 0 Å². The van der Waals surface area contributed by atoms with Gasteiger partial charge in [0.25, 0.3) is 0 Å². The van der Waals surface area contributed by atoms with E-state index in [0.29, 0.717) is 40.9 Å². The van der Waals surface area contributed by atoms with Crippen LogP contribution in [0.2, 0.25) is 0 Å². The fourth-order valence-corrected chi connectivity index (χ4v) is 2.90. The molecule has 1 aliphatic heterocycles. The summed E-state index contributed by atoms with van der Waals surface area (Å²) in [4.78, 5) is 12.8. The van der Waals surface area contributed by atoms with Gasteiger partial charge in [-0.1, -0.05) is 5.10 Å². The molecule has 1 aliphatic rings. The van der Waals surface area contributed by atoms with Gasteiger partial charge < -0.3 is 24.3 Å². The normalized spacial score (nSPS) is 15.8. The van der Waals surface area contributed by atoms with Gasteiger partial charge in [0.1, 0.15) is 24.1 Å². The van der Waals surface area contributed by atoms with E-state index >= 15 is 0 Å². The van der Waals surface area contributed by atoms with E-state index < -0.39 is 12.0 Å². The van der Waals surface area contributed by atoms with E-state index in [0.717, 1.165) is 0 Å². The Kier molecular flexibility index (Phi) is 5.55. The van der Waals surface area contributed by atoms with Crippen molar-refractivity contribution in [1.82, 2.24) is 20.2 Å². The lowest BCUT2D eigenvalue weighted by Crippen LogP contribution is -2.30. The monoisotopic (exact) mass is 375 g/mol. The maximum atomic E-state index is 12.8. The third-order valence-electron chi connectivity index (χ3n) is 4.19. The second-order valence-electron chi connectivity index (χ2n) is 5.75. The number of allylic oxidation sites excluding steroid dienone is 1.